The van der Waals surface area contributed by atoms with E-state index in [2.05, 4.69) is 6.07 Å². The lowest BCUT2D eigenvalue weighted by Crippen LogP contribution is -2.41. The summed E-state index contributed by atoms with van der Waals surface area (Å²) < 4.78 is 0. The standard InChI is InChI=1S/C14H24N2O/c1-12(2)16(11-7-10-15)14(17)13-8-5-3-4-6-9-13/h12-13H,3-9,11H2,1-2H3. The van der Waals surface area contributed by atoms with Gasteiger partial charge >= 0.3 is 0 Å². The molecule has 3 heteroatoms. The predicted molar refractivity (Wildman–Crippen MR) is 68.3 cm³/mol. The van der Waals surface area contributed by atoms with Crippen LogP contribution in [0.3, 0.4) is 0 Å². The molecule has 0 aromatic carbocycles. The second-order valence-electron chi connectivity index (χ2n) is 5.22. The monoisotopic (exact) mass is 236 g/mol. The number of amides is 1. The maximum atomic E-state index is 12.4. The molecular formula is C14H24N2O. The molecule has 0 unspecified atom stereocenters. The number of carbonyl (C=O) groups excluding carboxylic acids is 1. The summed E-state index contributed by atoms with van der Waals surface area (Å²) in [5.74, 6) is 0.482. The average molecular weight is 236 g/mol. The molecule has 0 atom stereocenters. The van der Waals surface area contributed by atoms with Crippen molar-refractivity contribution in [1.82, 2.24) is 4.90 Å². The van der Waals surface area contributed by atoms with E-state index in [4.69, 9.17) is 5.26 Å². The summed E-state index contributed by atoms with van der Waals surface area (Å²) in [6.07, 6.45) is 7.41. The molecule has 0 spiro atoms. The number of rotatable bonds is 4. The summed E-state index contributed by atoms with van der Waals surface area (Å²) in [5.41, 5.74) is 0. The number of nitrogens with zero attached hydrogens (tertiary/aromatic N) is 2. The fraction of sp³-hybridized carbons (Fsp3) is 0.857. The van der Waals surface area contributed by atoms with E-state index in [1.807, 2.05) is 18.7 Å². The van der Waals surface area contributed by atoms with Gasteiger partial charge in [-0.15, -0.1) is 0 Å². The largest absolute Gasteiger partial charge is 0.339 e. The second kappa shape index (κ2) is 7.32. The lowest BCUT2D eigenvalue weighted by Gasteiger charge is -2.29. The highest BCUT2D eigenvalue weighted by Crippen LogP contribution is 2.25. The van der Waals surface area contributed by atoms with Gasteiger partial charge < -0.3 is 4.90 Å². The van der Waals surface area contributed by atoms with Crippen molar-refractivity contribution in [2.45, 2.75) is 64.8 Å². The van der Waals surface area contributed by atoms with E-state index in [9.17, 15) is 4.79 Å². The van der Waals surface area contributed by atoms with Gasteiger partial charge in [0.1, 0.15) is 0 Å². The van der Waals surface area contributed by atoms with Crippen LogP contribution in [0.4, 0.5) is 0 Å². The minimum Gasteiger partial charge on any atom is -0.339 e. The summed E-state index contributed by atoms with van der Waals surface area (Å²) in [5, 5.41) is 8.65. The van der Waals surface area contributed by atoms with Crippen LogP contribution in [0.1, 0.15) is 58.8 Å². The van der Waals surface area contributed by atoms with Crippen molar-refractivity contribution in [3.63, 3.8) is 0 Å². The summed E-state index contributed by atoms with van der Waals surface area (Å²) in [6.45, 7) is 4.65. The molecule has 1 aliphatic carbocycles. The molecule has 1 aliphatic rings. The lowest BCUT2D eigenvalue weighted by atomic mass is 9.98. The Kier molecular flexibility index (Phi) is 6.04. The van der Waals surface area contributed by atoms with E-state index in [-0.39, 0.29) is 17.9 Å². The van der Waals surface area contributed by atoms with Gasteiger partial charge in [-0.25, -0.2) is 0 Å². The average Bonchev–Trinajstić information content (AvgIpc) is 2.57. The SMILES string of the molecule is CC(C)N(CCC#N)C(=O)C1CCCCCC1. The molecule has 3 nitrogen and oxygen atoms in total. The minimum atomic E-state index is 0.207. The maximum Gasteiger partial charge on any atom is 0.225 e. The van der Waals surface area contributed by atoms with E-state index in [0.29, 0.717) is 13.0 Å². The third-order valence-electron chi connectivity index (χ3n) is 3.58. The Morgan fingerprint density at radius 1 is 1.29 bits per heavy atom. The molecule has 0 radical (unpaired) electrons. The van der Waals surface area contributed by atoms with Gasteiger partial charge in [0.2, 0.25) is 5.91 Å². The molecule has 0 heterocycles. The number of nitriles is 1. The van der Waals surface area contributed by atoms with Crippen molar-refractivity contribution in [3.8, 4) is 6.07 Å². The van der Waals surface area contributed by atoms with Gasteiger partial charge in [0.25, 0.3) is 0 Å². The molecule has 0 aromatic rings. The topological polar surface area (TPSA) is 44.1 Å². The van der Waals surface area contributed by atoms with E-state index in [1.165, 1.54) is 25.7 Å². The van der Waals surface area contributed by atoms with Gasteiger partial charge in [-0.05, 0) is 26.7 Å². The van der Waals surface area contributed by atoms with Crippen molar-refractivity contribution in [3.05, 3.63) is 0 Å². The van der Waals surface area contributed by atoms with Gasteiger partial charge in [0, 0.05) is 18.5 Å². The minimum absolute atomic E-state index is 0.207. The van der Waals surface area contributed by atoms with Crippen LogP contribution >= 0.6 is 0 Å². The fourth-order valence-electron chi connectivity index (χ4n) is 2.55. The number of carbonyl (C=O) groups is 1. The highest BCUT2D eigenvalue weighted by atomic mass is 16.2. The zero-order valence-electron chi connectivity index (χ0n) is 11.1. The Balaban J connectivity index is 2.59. The zero-order chi connectivity index (χ0) is 12.7. The van der Waals surface area contributed by atoms with Crippen LogP contribution in [0.5, 0.6) is 0 Å². The van der Waals surface area contributed by atoms with Crippen LogP contribution in [0.2, 0.25) is 0 Å². The predicted octanol–water partition coefficient (Wildman–Crippen LogP) is 3.11. The van der Waals surface area contributed by atoms with E-state index >= 15 is 0 Å². The first-order valence-corrected chi connectivity index (χ1v) is 6.84. The zero-order valence-corrected chi connectivity index (χ0v) is 11.1. The molecule has 0 saturated heterocycles. The molecule has 17 heavy (non-hydrogen) atoms. The molecule has 1 rings (SSSR count). The smallest absolute Gasteiger partial charge is 0.225 e. The first-order valence-electron chi connectivity index (χ1n) is 6.84. The van der Waals surface area contributed by atoms with Gasteiger partial charge in [-0.1, -0.05) is 25.7 Å². The van der Waals surface area contributed by atoms with Crippen molar-refractivity contribution < 1.29 is 4.79 Å². The maximum absolute atomic E-state index is 12.4. The first kappa shape index (κ1) is 14.0. The Morgan fingerprint density at radius 2 is 1.88 bits per heavy atom. The van der Waals surface area contributed by atoms with E-state index in [0.717, 1.165) is 12.8 Å². The first-order chi connectivity index (χ1) is 8.16. The van der Waals surface area contributed by atoms with Crippen molar-refractivity contribution in [2.75, 3.05) is 6.54 Å². The lowest BCUT2D eigenvalue weighted by molar-refractivity contribution is -0.137. The van der Waals surface area contributed by atoms with Gasteiger partial charge in [0.15, 0.2) is 0 Å². The third-order valence-corrected chi connectivity index (χ3v) is 3.58. The van der Waals surface area contributed by atoms with E-state index in [1.54, 1.807) is 0 Å². The summed E-state index contributed by atoms with van der Waals surface area (Å²) in [4.78, 5) is 14.3. The normalized spacial score (nSPS) is 17.5. The highest BCUT2D eigenvalue weighted by molar-refractivity contribution is 5.79. The summed E-state index contributed by atoms with van der Waals surface area (Å²) >= 11 is 0. The van der Waals surface area contributed by atoms with Crippen molar-refractivity contribution in [1.29, 1.82) is 5.26 Å². The van der Waals surface area contributed by atoms with Gasteiger partial charge in [-0.2, -0.15) is 5.26 Å². The summed E-state index contributed by atoms with van der Waals surface area (Å²) in [6, 6.07) is 2.34. The third kappa shape index (κ3) is 4.38. The second-order valence-corrected chi connectivity index (χ2v) is 5.22. The summed E-state index contributed by atoms with van der Waals surface area (Å²) in [7, 11) is 0. The molecule has 1 amide bonds. The Labute approximate surface area is 105 Å². The van der Waals surface area contributed by atoms with Crippen LogP contribution in [0.25, 0.3) is 0 Å². The Bertz CT molecular complexity index is 272. The number of hydrogen-bond acceptors (Lipinski definition) is 2. The fourth-order valence-corrected chi connectivity index (χ4v) is 2.55. The number of hydrogen-bond donors (Lipinski definition) is 0. The molecule has 0 N–H and O–H groups in total. The molecular weight excluding hydrogens is 212 g/mol. The molecule has 0 aromatic heterocycles. The van der Waals surface area contributed by atoms with E-state index < -0.39 is 0 Å². The van der Waals surface area contributed by atoms with Gasteiger partial charge in [-0.3, -0.25) is 4.79 Å². The molecule has 1 saturated carbocycles. The quantitative estimate of drug-likeness (QED) is 0.704. The van der Waals surface area contributed by atoms with Crippen molar-refractivity contribution in [2.24, 2.45) is 5.92 Å². The van der Waals surface area contributed by atoms with Crippen LogP contribution in [-0.4, -0.2) is 23.4 Å². The Morgan fingerprint density at radius 3 is 2.35 bits per heavy atom. The molecule has 1 fully saturated rings. The van der Waals surface area contributed by atoms with Crippen LogP contribution < -0.4 is 0 Å². The Hall–Kier alpha value is -1.04. The van der Waals surface area contributed by atoms with Crippen LogP contribution in [-0.2, 0) is 4.79 Å². The van der Waals surface area contributed by atoms with Crippen LogP contribution in [0, 0.1) is 17.2 Å². The molecule has 0 aliphatic heterocycles. The van der Waals surface area contributed by atoms with Gasteiger partial charge in [0.05, 0.1) is 12.5 Å². The molecule has 0 bridgehead atoms. The highest BCUT2D eigenvalue weighted by Gasteiger charge is 2.26. The molecule has 96 valence electrons. The van der Waals surface area contributed by atoms with Crippen molar-refractivity contribution >= 4 is 5.91 Å². The van der Waals surface area contributed by atoms with Crippen LogP contribution in [0.15, 0.2) is 0 Å².